The van der Waals surface area contributed by atoms with Gasteiger partial charge in [-0.15, -0.1) is 0 Å². The van der Waals surface area contributed by atoms with Gasteiger partial charge in [0.25, 0.3) is 0 Å². The second kappa shape index (κ2) is 6.54. The normalized spacial score (nSPS) is 11.0. The van der Waals surface area contributed by atoms with Crippen LogP contribution in [-0.4, -0.2) is 23.1 Å². The minimum absolute atomic E-state index is 0.417. The third-order valence-electron chi connectivity index (χ3n) is 2.90. The van der Waals surface area contributed by atoms with Crippen molar-refractivity contribution in [2.24, 2.45) is 0 Å². The Kier molecular flexibility index (Phi) is 5.33. The average molecular weight is 221 g/mol. The summed E-state index contributed by atoms with van der Waals surface area (Å²) in [5.41, 5.74) is 2.25. The number of aromatic hydroxyl groups is 1. The lowest BCUT2D eigenvalue weighted by atomic mass is 10.1. The number of unbranched alkanes of at least 4 members (excludes halogenated alkanes) is 1. The van der Waals surface area contributed by atoms with Crippen molar-refractivity contribution in [3.63, 3.8) is 0 Å². The van der Waals surface area contributed by atoms with E-state index in [1.165, 1.54) is 18.4 Å². The highest BCUT2D eigenvalue weighted by molar-refractivity contribution is 5.35. The summed E-state index contributed by atoms with van der Waals surface area (Å²) in [6.45, 7) is 9.43. The van der Waals surface area contributed by atoms with Crippen LogP contribution in [0.25, 0.3) is 0 Å². The van der Waals surface area contributed by atoms with E-state index in [0.717, 1.165) is 25.2 Å². The Morgan fingerprint density at radius 3 is 2.62 bits per heavy atom. The molecule has 90 valence electrons. The maximum absolute atomic E-state index is 9.78. The molecule has 0 saturated heterocycles. The van der Waals surface area contributed by atoms with Crippen LogP contribution in [0.4, 0.5) is 0 Å². The van der Waals surface area contributed by atoms with Crippen molar-refractivity contribution in [1.82, 2.24) is 4.90 Å². The number of rotatable bonds is 6. The Morgan fingerprint density at radius 2 is 2.00 bits per heavy atom. The summed E-state index contributed by atoms with van der Waals surface area (Å²) in [6.07, 6.45) is 2.44. The third-order valence-corrected chi connectivity index (χ3v) is 2.90. The molecule has 2 heteroatoms. The Hall–Kier alpha value is -1.02. The fraction of sp³-hybridized carbons (Fsp3) is 0.571. The first-order valence-electron chi connectivity index (χ1n) is 6.18. The van der Waals surface area contributed by atoms with E-state index < -0.39 is 0 Å². The molecular weight excluding hydrogens is 198 g/mol. The van der Waals surface area contributed by atoms with Crippen molar-refractivity contribution in [1.29, 1.82) is 0 Å². The largest absolute Gasteiger partial charge is 0.508 e. The number of phenols is 1. The van der Waals surface area contributed by atoms with Crippen molar-refractivity contribution in [3.8, 4) is 5.75 Å². The Bertz CT molecular complexity index is 323. The number of hydrogen-bond donors (Lipinski definition) is 1. The molecule has 1 N–H and O–H groups in total. The highest BCUT2D eigenvalue weighted by Crippen LogP contribution is 2.20. The van der Waals surface area contributed by atoms with Crippen LogP contribution < -0.4 is 0 Å². The first-order valence-corrected chi connectivity index (χ1v) is 6.18. The zero-order valence-corrected chi connectivity index (χ0v) is 10.7. The van der Waals surface area contributed by atoms with Crippen LogP contribution in [0.2, 0.25) is 0 Å². The average Bonchev–Trinajstić information content (AvgIpc) is 2.28. The second-order valence-corrected chi connectivity index (χ2v) is 4.35. The molecule has 0 atom stereocenters. The van der Waals surface area contributed by atoms with Crippen LogP contribution in [0, 0.1) is 6.92 Å². The Labute approximate surface area is 98.9 Å². The van der Waals surface area contributed by atoms with Gasteiger partial charge < -0.3 is 5.11 Å². The van der Waals surface area contributed by atoms with E-state index in [0.29, 0.717) is 5.75 Å². The van der Waals surface area contributed by atoms with Crippen molar-refractivity contribution in [2.45, 2.75) is 40.2 Å². The van der Waals surface area contributed by atoms with Crippen LogP contribution in [0.3, 0.4) is 0 Å². The van der Waals surface area contributed by atoms with Crippen molar-refractivity contribution >= 4 is 0 Å². The monoisotopic (exact) mass is 221 g/mol. The second-order valence-electron chi connectivity index (χ2n) is 4.35. The highest BCUT2D eigenvalue weighted by Gasteiger charge is 2.07. The molecule has 0 saturated carbocycles. The van der Waals surface area contributed by atoms with E-state index in [9.17, 15) is 5.11 Å². The van der Waals surface area contributed by atoms with Crippen molar-refractivity contribution in [2.75, 3.05) is 13.1 Å². The Morgan fingerprint density at radius 1 is 1.25 bits per heavy atom. The molecule has 0 spiro atoms. The number of benzene rings is 1. The molecule has 0 aliphatic heterocycles. The van der Waals surface area contributed by atoms with Gasteiger partial charge in [-0.2, -0.15) is 0 Å². The van der Waals surface area contributed by atoms with Crippen molar-refractivity contribution in [3.05, 3.63) is 29.3 Å². The van der Waals surface area contributed by atoms with Crippen LogP contribution in [0.15, 0.2) is 18.2 Å². The molecule has 16 heavy (non-hydrogen) atoms. The summed E-state index contributed by atoms with van der Waals surface area (Å²) in [5, 5.41) is 9.78. The van der Waals surface area contributed by atoms with Gasteiger partial charge in [0.05, 0.1) is 0 Å². The van der Waals surface area contributed by atoms with Crippen LogP contribution in [0.1, 0.15) is 37.8 Å². The van der Waals surface area contributed by atoms with Crippen LogP contribution in [-0.2, 0) is 6.54 Å². The van der Waals surface area contributed by atoms with Crippen LogP contribution >= 0.6 is 0 Å². The number of aryl methyl sites for hydroxylation is 1. The fourth-order valence-corrected chi connectivity index (χ4v) is 1.81. The summed E-state index contributed by atoms with van der Waals surface area (Å²) < 4.78 is 0. The van der Waals surface area contributed by atoms with Gasteiger partial charge in [0, 0.05) is 12.1 Å². The predicted octanol–water partition coefficient (Wildman–Crippen LogP) is 3.32. The maximum atomic E-state index is 9.78. The minimum Gasteiger partial charge on any atom is -0.508 e. The van der Waals surface area contributed by atoms with Gasteiger partial charge in [0.1, 0.15) is 5.75 Å². The maximum Gasteiger partial charge on any atom is 0.120 e. The highest BCUT2D eigenvalue weighted by atomic mass is 16.3. The van der Waals surface area contributed by atoms with E-state index in [2.05, 4.69) is 31.7 Å². The standard InChI is InChI=1S/C14H23NO/c1-4-6-9-15(5-2)11-13-10-12(3)7-8-14(13)16/h7-8,10,16H,4-6,9,11H2,1-3H3. The van der Waals surface area contributed by atoms with E-state index in [1.54, 1.807) is 6.07 Å². The van der Waals surface area contributed by atoms with Crippen LogP contribution in [0.5, 0.6) is 5.75 Å². The molecule has 0 heterocycles. The Balaban J connectivity index is 2.65. The smallest absolute Gasteiger partial charge is 0.120 e. The molecule has 0 amide bonds. The molecule has 1 aromatic carbocycles. The molecule has 0 radical (unpaired) electrons. The van der Waals surface area contributed by atoms with Gasteiger partial charge in [-0.25, -0.2) is 0 Å². The number of hydrogen-bond acceptors (Lipinski definition) is 2. The quantitative estimate of drug-likeness (QED) is 0.796. The zero-order chi connectivity index (χ0) is 12.0. The zero-order valence-electron chi connectivity index (χ0n) is 10.7. The fourth-order valence-electron chi connectivity index (χ4n) is 1.81. The lowest BCUT2D eigenvalue weighted by Gasteiger charge is -2.20. The third kappa shape index (κ3) is 3.86. The van der Waals surface area contributed by atoms with Gasteiger partial charge in [-0.3, -0.25) is 4.90 Å². The van der Waals surface area contributed by atoms with Gasteiger partial charge in [0.2, 0.25) is 0 Å². The minimum atomic E-state index is 0.417. The molecule has 0 aromatic heterocycles. The first-order chi connectivity index (χ1) is 7.67. The molecule has 0 bridgehead atoms. The molecule has 0 fully saturated rings. The van der Waals surface area contributed by atoms with Gasteiger partial charge in [0.15, 0.2) is 0 Å². The molecular formula is C14H23NO. The van der Waals surface area contributed by atoms with E-state index in [-0.39, 0.29) is 0 Å². The van der Waals surface area contributed by atoms with Crippen molar-refractivity contribution < 1.29 is 5.11 Å². The molecule has 2 nitrogen and oxygen atoms in total. The lowest BCUT2D eigenvalue weighted by Crippen LogP contribution is -2.24. The topological polar surface area (TPSA) is 23.5 Å². The van der Waals surface area contributed by atoms with E-state index >= 15 is 0 Å². The lowest BCUT2D eigenvalue weighted by molar-refractivity contribution is 0.271. The SMILES string of the molecule is CCCCN(CC)Cc1cc(C)ccc1O. The van der Waals surface area contributed by atoms with Gasteiger partial charge >= 0.3 is 0 Å². The number of nitrogens with zero attached hydrogens (tertiary/aromatic N) is 1. The summed E-state index contributed by atoms with van der Waals surface area (Å²) in [7, 11) is 0. The summed E-state index contributed by atoms with van der Waals surface area (Å²) in [6, 6.07) is 5.81. The van der Waals surface area contributed by atoms with Gasteiger partial charge in [-0.1, -0.05) is 38.0 Å². The molecule has 1 rings (SSSR count). The number of phenolic OH excluding ortho intramolecular Hbond substituents is 1. The molecule has 1 aromatic rings. The summed E-state index contributed by atoms with van der Waals surface area (Å²) in [5.74, 6) is 0.417. The van der Waals surface area contributed by atoms with E-state index in [4.69, 9.17) is 0 Å². The molecule has 0 aliphatic rings. The predicted molar refractivity (Wildman–Crippen MR) is 68.7 cm³/mol. The summed E-state index contributed by atoms with van der Waals surface area (Å²) >= 11 is 0. The van der Waals surface area contributed by atoms with Gasteiger partial charge in [-0.05, 0) is 32.5 Å². The van der Waals surface area contributed by atoms with E-state index in [1.807, 2.05) is 6.07 Å². The molecule has 0 aliphatic carbocycles. The first kappa shape index (κ1) is 13.0. The summed E-state index contributed by atoms with van der Waals surface area (Å²) in [4.78, 5) is 2.37. The molecule has 0 unspecified atom stereocenters.